The highest BCUT2D eigenvalue weighted by molar-refractivity contribution is 7.26. The first kappa shape index (κ1) is 23.3. The topological polar surface area (TPSA) is 0 Å². The van der Waals surface area contributed by atoms with E-state index in [1.807, 2.05) is 11.3 Å². The van der Waals surface area contributed by atoms with Crippen LogP contribution < -0.4 is 0 Å². The molecule has 0 unspecified atom stereocenters. The van der Waals surface area contributed by atoms with Crippen molar-refractivity contribution >= 4 is 63.8 Å². The zero-order chi connectivity index (χ0) is 28.1. The lowest BCUT2D eigenvalue weighted by Crippen LogP contribution is -1.85. The van der Waals surface area contributed by atoms with Crippen LogP contribution in [0.4, 0.5) is 0 Å². The molecule has 9 aromatic rings. The van der Waals surface area contributed by atoms with Crippen LogP contribution in [0.3, 0.4) is 0 Å². The van der Waals surface area contributed by atoms with Crippen molar-refractivity contribution in [3.63, 3.8) is 0 Å². The van der Waals surface area contributed by atoms with Crippen molar-refractivity contribution < 1.29 is 0 Å². The minimum atomic E-state index is 1.26. The summed E-state index contributed by atoms with van der Waals surface area (Å²) in [7, 11) is 0. The Bertz CT molecular complexity index is 2610. The molecule has 1 aromatic heterocycles. The van der Waals surface area contributed by atoms with Crippen molar-refractivity contribution in [2.24, 2.45) is 0 Å². The highest BCUT2D eigenvalue weighted by Gasteiger charge is 2.22. The highest BCUT2D eigenvalue weighted by Crippen LogP contribution is 2.49. The third-order valence-corrected chi connectivity index (χ3v) is 10.5. The van der Waals surface area contributed by atoms with Crippen LogP contribution in [0.2, 0.25) is 0 Å². The summed E-state index contributed by atoms with van der Waals surface area (Å²) in [6.07, 6.45) is 0. The lowest BCUT2D eigenvalue weighted by atomic mass is 9.91. The number of thiophene rings is 1. The molecule has 0 atom stereocenters. The van der Waals surface area contributed by atoms with Crippen LogP contribution in [0.5, 0.6) is 0 Å². The Morgan fingerprint density at radius 3 is 1.86 bits per heavy atom. The zero-order valence-corrected chi connectivity index (χ0v) is 24.1. The average Bonchev–Trinajstić information content (AvgIpc) is 3.61. The summed E-state index contributed by atoms with van der Waals surface area (Å²) < 4.78 is 2.66. The molecule has 0 spiro atoms. The maximum Gasteiger partial charge on any atom is 0.0361 e. The molecule has 198 valence electrons. The van der Waals surface area contributed by atoms with Gasteiger partial charge in [0.25, 0.3) is 0 Å². The van der Waals surface area contributed by atoms with E-state index in [1.54, 1.807) is 0 Å². The fraction of sp³-hybridized carbons (Fsp3) is 0. The Kier molecular flexibility index (Phi) is 4.69. The van der Waals surface area contributed by atoms with Gasteiger partial charge in [-0.1, -0.05) is 115 Å². The van der Waals surface area contributed by atoms with Gasteiger partial charge in [-0.05, 0) is 107 Å². The fourth-order valence-electron chi connectivity index (χ4n) is 7.49. The van der Waals surface area contributed by atoms with Crippen LogP contribution in [0.15, 0.2) is 146 Å². The summed E-state index contributed by atoms with van der Waals surface area (Å²) in [5, 5.41) is 10.6. The number of hydrogen-bond donors (Lipinski definition) is 0. The molecular formula is C42H24S. The molecule has 0 saturated heterocycles. The molecule has 0 N–H and O–H groups in total. The zero-order valence-electron chi connectivity index (χ0n) is 23.3. The molecular weight excluding hydrogens is 537 g/mol. The third kappa shape index (κ3) is 3.26. The summed E-state index contributed by atoms with van der Waals surface area (Å²) >= 11 is 1.89. The van der Waals surface area contributed by atoms with E-state index >= 15 is 0 Å². The van der Waals surface area contributed by atoms with Gasteiger partial charge in [-0.15, -0.1) is 11.3 Å². The third-order valence-electron chi connectivity index (χ3n) is 9.39. The molecule has 1 aliphatic carbocycles. The molecule has 0 amide bonds. The molecule has 8 aromatic carbocycles. The maximum absolute atomic E-state index is 2.43. The predicted octanol–water partition coefficient (Wildman–Crippen LogP) is 12.5. The Hall–Kier alpha value is -5.24. The van der Waals surface area contributed by atoms with E-state index in [2.05, 4.69) is 146 Å². The van der Waals surface area contributed by atoms with Gasteiger partial charge in [0, 0.05) is 20.2 Å². The summed E-state index contributed by atoms with van der Waals surface area (Å²) in [5.41, 5.74) is 10.5. The molecule has 43 heavy (non-hydrogen) atoms. The molecule has 0 nitrogen and oxygen atoms in total. The minimum Gasteiger partial charge on any atom is -0.135 e. The van der Waals surface area contributed by atoms with Crippen molar-refractivity contribution in [1.82, 2.24) is 0 Å². The normalized spacial score (nSPS) is 12.2. The second-order valence-corrected chi connectivity index (χ2v) is 12.7. The van der Waals surface area contributed by atoms with Gasteiger partial charge in [-0.25, -0.2) is 0 Å². The van der Waals surface area contributed by atoms with E-state index < -0.39 is 0 Å². The molecule has 0 saturated carbocycles. The van der Waals surface area contributed by atoms with Gasteiger partial charge >= 0.3 is 0 Å². The Balaban J connectivity index is 1.21. The fourth-order valence-corrected chi connectivity index (χ4v) is 8.60. The van der Waals surface area contributed by atoms with Gasteiger partial charge < -0.3 is 0 Å². The quantitative estimate of drug-likeness (QED) is 0.184. The smallest absolute Gasteiger partial charge is 0.0361 e. The van der Waals surface area contributed by atoms with Crippen molar-refractivity contribution in [3.8, 4) is 44.5 Å². The van der Waals surface area contributed by atoms with E-state index in [-0.39, 0.29) is 0 Å². The van der Waals surface area contributed by atoms with Gasteiger partial charge in [0.2, 0.25) is 0 Å². The monoisotopic (exact) mass is 560 g/mol. The SMILES string of the molecule is c1cc2c3c(cccc3c1)-c1cc(-c3cccc4sc5ccc(-c6cc7ccccc7c7ccccc67)cc5c34)ccc1-2. The van der Waals surface area contributed by atoms with Crippen molar-refractivity contribution in [2.75, 3.05) is 0 Å². The molecule has 1 heteroatoms. The Morgan fingerprint density at radius 2 is 0.977 bits per heavy atom. The van der Waals surface area contributed by atoms with E-state index in [0.717, 1.165) is 0 Å². The van der Waals surface area contributed by atoms with Gasteiger partial charge in [0.1, 0.15) is 0 Å². The van der Waals surface area contributed by atoms with Crippen LogP contribution in [0, 0.1) is 0 Å². The molecule has 0 fully saturated rings. The van der Waals surface area contributed by atoms with Crippen molar-refractivity contribution in [3.05, 3.63) is 146 Å². The van der Waals surface area contributed by atoms with Crippen LogP contribution in [-0.2, 0) is 0 Å². The predicted molar refractivity (Wildman–Crippen MR) is 187 cm³/mol. The van der Waals surface area contributed by atoms with Crippen molar-refractivity contribution in [2.45, 2.75) is 0 Å². The average molecular weight is 561 g/mol. The maximum atomic E-state index is 2.43. The first-order valence-electron chi connectivity index (χ1n) is 14.8. The first-order valence-corrected chi connectivity index (χ1v) is 15.7. The second-order valence-electron chi connectivity index (χ2n) is 11.7. The van der Waals surface area contributed by atoms with Gasteiger partial charge in [0.15, 0.2) is 0 Å². The Morgan fingerprint density at radius 1 is 0.302 bits per heavy atom. The lowest BCUT2D eigenvalue weighted by Gasteiger charge is -2.12. The van der Waals surface area contributed by atoms with E-state index in [0.29, 0.717) is 0 Å². The van der Waals surface area contributed by atoms with E-state index in [4.69, 9.17) is 0 Å². The van der Waals surface area contributed by atoms with Crippen molar-refractivity contribution in [1.29, 1.82) is 0 Å². The molecule has 0 aliphatic heterocycles. The van der Waals surface area contributed by atoms with Gasteiger partial charge in [-0.3, -0.25) is 0 Å². The van der Waals surface area contributed by atoms with Gasteiger partial charge in [0.05, 0.1) is 0 Å². The summed E-state index contributed by atoms with van der Waals surface area (Å²) in [4.78, 5) is 0. The largest absolute Gasteiger partial charge is 0.135 e. The van der Waals surface area contributed by atoms with Crippen LogP contribution in [0.25, 0.3) is 97.0 Å². The minimum absolute atomic E-state index is 1.26. The molecule has 10 rings (SSSR count). The number of benzene rings is 8. The number of rotatable bonds is 2. The number of hydrogen-bond acceptors (Lipinski definition) is 1. The standard InChI is InChI=1S/C42H24S/c1-2-11-29-26(8-1)22-36(32-13-4-3-12-31(29)32)28-19-21-39-38(24-28)42-30(14-7-17-40(42)43-39)27-18-20-33-34-15-5-9-25-10-6-16-35(41(25)34)37(33)23-27/h1-24H. The molecule has 0 bridgehead atoms. The van der Waals surface area contributed by atoms with Gasteiger partial charge in [-0.2, -0.15) is 0 Å². The molecule has 0 radical (unpaired) electrons. The number of fused-ring (bicyclic) bond motifs is 9. The van der Waals surface area contributed by atoms with Crippen LogP contribution in [0.1, 0.15) is 0 Å². The Labute approximate surface area is 253 Å². The highest BCUT2D eigenvalue weighted by atomic mass is 32.1. The first-order chi connectivity index (χ1) is 21.3. The summed E-state index contributed by atoms with van der Waals surface area (Å²) in [6, 6.07) is 54.2. The van der Waals surface area contributed by atoms with Crippen LogP contribution >= 0.6 is 11.3 Å². The molecule has 1 aliphatic rings. The molecule has 1 heterocycles. The second kappa shape index (κ2) is 8.64. The van der Waals surface area contributed by atoms with Crippen LogP contribution in [-0.4, -0.2) is 0 Å². The van der Waals surface area contributed by atoms with E-state index in [9.17, 15) is 0 Å². The van der Waals surface area contributed by atoms with E-state index in [1.165, 1.54) is 97.0 Å². The summed E-state index contributed by atoms with van der Waals surface area (Å²) in [5.74, 6) is 0. The lowest BCUT2D eigenvalue weighted by molar-refractivity contribution is 1.66. The summed E-state index contributed by atoms with van der Waals surface area (Å²) in [6.45, 7) is 0.